The van der Waals surface area contributed by atoms with Gasteiger partial charge in [0.2, 0.25) is 11.8 Å². The van der Waals surface area contributed by atoms with Crippen molar-refractivity contribution >= 4 is 29.3 Å². The number of methoxy groups -OCH3 is 1. The van der Waals surface area contributed by atoms with Gasteiger partial charge < -0.3 is 15.0 Å². The molecule has 0 spiro atoms. The van der Waals surface area contributed by atoms with Gasteiger partial charge in [-0.05, 0) is 12.1 Å². The molecular formula is C12H14N2O3S. The second-order valence-corrected chi connectivity index (χ2v) is 4.77. The maximum absolute atomic E-state index is 11.8. The van der Waals surface area contributed by atoms with Crippen LogP contribution >= 0.6 is 11.8 Å². The number of nitrogens with zero attached hydrogens (tertiary/aromatic N) is 1. The first kappa shape index (κ1) is 12.8. The van der Waals surface area contributed by atoms with Crippen molar-refractivity contribution in [1.29, 1.82) is 0 Å². The summed E-state index contributed by atoms with van der Waals surface area (Å²) in [4.78, 5) is 24.7. The molecule has 1 heterocycles. The van der Waals surface area contributed by atoms with Crippen molar-refractivity contribution in [1.82, 2.24) is 4.90 Å². The summed E-state index contributed by atoms with van der Waals surface area (Å²) in [6.07, 6.45) is 0. The Bertz CT molecular complexity index is 464. The number of hydrogen-bond donors (Lipinski definition) is 1. The monoisotopic (exact) mass is 266 g/mol. The average Bonchev–Trinajstić information content (AvgIpc) is 2.75. The molecule has 0 saturated carbocycles. The fraction of sp³-hybridized carbons (Fsp3) is 0.333. The first-order valence-electron chi connectivity index (χ1n) is 5.49. The van der Waals surface area contributed by atoms with Gasteiger partial charge in [-0.25, -0.2) is 0 Å². The SMILES string of the molecule is COc1ccccc1NC(=O)CN1CSCC1=O. The van der Waals surface area contributed by atoms with Gasteiger partial charge in [0.05, 0.1) is 24.4 Å². The van der Waals surface area contributed by atoms with Crippen molar-refractivity contribution in [2.75, 3.05) is 30.6 Å². The lowest BCUT2D eigenvalue weighted by atomic mass is 10.3. The first-order valence-corrected chi connectivity index (χ1v) is 6.64. The number of carbonyl (C=O) groups is 2. The van der Waals surface area contributed by atoms with Gasteiger partial charge in [-0.15, -0.1) is 11.8 Å². The predicted molar refractivity (Wildman–Crippen MR) is 70.7 cm³/mol. The summed E-state index contributed by atoms with van der Waals surface area (Å²) in [6.45, 7) is 0.0872. The van der Waals surface area contributed by atoms with E-state index in [0.717, 1.165) is 0 Å². The minimum absolute atomic E-state index is 0.00942. The Morgan fingerprint density at radius 2 is 2.28 bits per heavy atom. The van der Waals surface area contributed by atoms with Crippen LogP contribution in [0.3, 0.4) is 0 Å². The highest BCUT2D eigenvalue weighted by Gasteiger charge is 2.23. The van der Waals surface area contributed by atoms with Crippen LogP contribution in [0.1, 0.15) is 0 Å². The highest BCUT2D eigenvalue weighted by Crippen LogP contribution is 2.23. The average molecular weight is 266 g/mol. The molecule has 1 saturated heterocycles. The Balaban J connectivity index is 1.96. The van der Waals surface area contributed by atoms with E-state index in [1.165, 1.54) is 16.7 Å². The molecule has 2 rings (SSSR count). The number of hydrogen-bond acceptors (Lipinski definition) is 4. The Labute approximate surface area is 109 Å². The lowest BCUT2D eigenvalue weighted by Gasteiger charge is -2.15. The zero-order chi connectivity index (χ0) is 13.0. The molecule has 6 heteroatoms. The second kappa shape index (κ2) is 5.77. The normalized spacial score (nSPS) is 14.7. The van der Waals surface area contributed by atoms with E-state index in [1.807, 2.05) is 12.1 Å². The Hall–Kier alpha value is -1.69. The molecule has 5 nitrogen and oxygen atoms in total. The Kier molecular flexibility index (Phi) is 4.09. The van der Waals surface area contributed by atoms with Crippen LogP contribution in [0.5, 0.6) is 5.75 Å². The van der Waals surface area contributed by atoms with Gasteiger partial charge in [-0.1, -0.05) is 12.1 Å². The number of carbonyl (C=O) groups excluding carboxylic acids is 2. The Morgan fingerprint density at radius 1 is 1.50 bits per heavy atom. The largest absolute Gasteiger partial charge is 0.495 e. The molecular weight excluding hydrogens is 252 g/mol. The third-order valence-corrected chi connectivity index (χ3v) is 3.49. The number of benzene rings is 1. The highest BCUT2D eigenvalue weighted by molar-refractivity contribution is 8.00. The van der Waals surface area contributed by atoms with Crippen molar-refractivity contribution in [3.8, 4) is 5.75 Å². The van der Waals surface area contributed by atoms with E-state index in [2.05, 4.69) is 5.32 Å². The number of amides is 2. The molecule has 18 heavy (non-hydrogen) atoms. The standard InChI is InChI=1S/C12H14N2O3S/c1-17-10-5-3-2-4-9(10)13-11(15)6-14-8-18-7-12(14)16/h2-5H,6-8H2,1H3,(H,13,15). The van der Waals surface area contributed by atoms with Crippen molar-refractivity contribution in [3.63, 3.8) is 0 Å². The number of ether oxygens (including phenoxy) is 1. The van der Waals surface area contributed by atoms with Gasteiger partial charge in [-0.2, -0.15) is 0 Å². The number of thioether (sulfide) groups is 1. The van der Waals surface area contributed by atoms with E-state index in [1.54, 1.807) is 19.2 Å². The number of para-hydroxylation sites is 2. The smallest absolute Gasteiger partial charge is 0.244 e. The molecule has 1 aliphatic rings. The van der Waals surface area contributed by atoms with Gasteiger partial charge >= 0.3 is 0 Å². The molecule has 1 aliphatic heterocycles. The van der Waals surface area contributed by atoms with Crippen molar-refractivity contribution in [3.05, 3.63) is 24.3 Å². The van der Waals surface area contributed by atoms with Gasteiger partial charge in [0.25, 0.3) is 0 Å². The summed E-state index contributed by atoms with van der Waals surface area (Å²) in [5, 5.41) is 2.74. The van der Waals surface area contributed by atoms with Gasteiger partial charge in [0.15, 0.2) is 0 Å². The number of anilines is 1. The second-order valence-electron chi connectivity index (χ2n) is 3.82. The van der Waals surface area contributed by atoms with E-state index in [-0.39, 0.29) is 18.4 Å². The van der Waals surface area contributed by atoms with Gasteiger partial charge in [-0.3, -0.25) is 9.59 Å². The van der Waals surface area contributed by atoms with Crippen molar-refractivity contribution in [2.24, 2.45) is 0 Å². The topological polar surface area (TPSA) is 58.6 Å². The third-order valence-electron chi connectivity index (χ3n) is 2.54. The van der Waals surface area contributed by atoms with E-state index >= 15 is 0 Å². The molecule has 0 radical (unpaired) electrons. The molecule has 0 unspecified atom stereocenters. The minimum Gasteiger partial charge on any atom is -0.495 e. The van der Waals surface area contributed by atoms with Crippen LogP contribution in [0.15, 0.2) is 24.3 Å². The van der Waals surface area contributed by atoms with E-state index < -0.39 is 0 Å². The van der Waals surface area contributed by atoms with Crippen LogP contribution in [0, 0.1) is 0 Å². The summed E-state index contributed by atoms with van der Waals surface area (Å²) < 4.78 is 5.14. The van der Waals surface area contributed by atoms with E-state index in [4.69, 9.17) is 4.74 Å². The molecule has 0 aromatic heterocycles. The molecule has 0 aliphatic carbocycles. The van der Waals surface area contributed by atoms with E-state index in [9.17, 15) is 9.59 Å². The summed E-state index contributed by atoms with van der Waals surface area (Å²) in [5.41, 5.74) is 0.615. The van der Waals surface area contributed by atoms with Crippen LogP contribution in [-0.4, -0.2) is 42.0 Å². The zero-order valence-corrected chi connectivity index (χ0v) is 10.8. The van der Waals surface area contributed by atoms with Crippen LogP contribution in [0.4, 0.5) is 5.69 Å². The molecule has 1 aromatic carbocycles. The fourth-order valence-electron chi connectivity index (χ4n) is 1.65. The minimum atomic E-state index is -0.213. The maximum Gasteiger partial charge on any atom is 0.244 e. The van der Waals surface area contributed by atoms with Crippen molar-refractivity contribution in [2.45, 2.75) is 0 Å². The van der Waals surface area contributed by atoms with Crippen LogP contribution in [0.2, 0.25) is 0 Å². The number of nitrogens with one attached hydrogen (secondary N) is 1. The molecule has 1 aromatic rings. The van der Waals surface area contributed by atoms with Gasteiger partial charge in [0.1, 0.15) is 12.3 Å². The van der Waals surface area contributed by atoms with Gasteiger partial charge in [0, 0.05) is 0 Å². The fourth-order valence-corrected chi connectivity index (χ4v) is 2.56. The summed E-state index contributed by atoms with van der Waals surface area (Å²) in [5.74, 6) is 1.44. The van der Waals surface area contributed by atoms with Crippen LogP contribution < -0.4 is 10.1 Å². The van der Waals surface area contributed by atoms with Crippen LogP contribution in [-0.2, 0) is 9.59 Å². The predicted octanol–water partition coefficient (Wildman–Crippen LogP) is 1.17. The quantitative estimate of drug-likeness (QED) is 0.888. The number of rotatable bonds is 4. The van der Waals surface area contributed by atoms with E-state index in [0.29, 0.717) is 23.1 Å². The van der Waals surface area contributed by atoms with Crippen LogP contribution in [0.25, 0.3) is 0 Å². The Morgan fingerprint density at radius 3 is 2.94 bits per heavy atom. The molecule has 0 bridgehead atoms. The molecule has 1 fully saturated rings. The third kappa shape index (κ3) is 2.95. The lowest BCUT2D eigenvalue weighted by Crippen LogP contribution is -2.34. The van der Waals surface area contributed by atoms with Crippen molar-refractivity contribution < 1.29 is 14.3 Å². The zero-order valence-electron chi connectivity index (χ0n) is 10.0. The molecule has 0 atom stereocenters. The summed E-state index contributed by atoms with van der Waals surface area (Å²) >= 11 is 1.52. The first-order chi connectivity index (χ1) is 8.70. The summed E-state index contributed by atoms with van der Waals surface area (Å²) in [6, 6.07) is 7.17. The lowest BCUT2D eigenvalue weighted by molar-refractivity contribution is -0.130. The molecule has 2 amide bonds. The highest BCUT2D eigenvalue weighted by atomic mass is 32.2. The molecule has 1 N–H and O–H groups in total. The maximum atomic E-state index is 11.8. The molecule has 96 valence electrons. The summed E-state index contributed by atoms with van der Waals surface area (Å²) in [7, 11) is 1.55.